The van der Waals surface area contributed by atoms with Crippen LogP contribution in [0.25, 0.3) is 10.9 Å². The molecule has 1 N–H and O–H groups in total. The van der Waals surface area contributed by atoms with Gasteiger partial charge in [-0.3, -0.25) is 14.7 Å². The van der Waals surface area contributed by atoms with Gasteiger partial charge in [0.1, 0.15) is 0 Å². The first-order valence-corrected chi connectivity index (χ1v) is 10.9. The minimum Gasteiger partial charge on any atom is -0.354 e. The van der Waals surface area contributed by atoms with Crippen molar-refractivity contribution in [2.75, 3.05) is 19.6 Å². The molecule has 1 atom stereocenters. The fourth-order valence-corrected chi connectivity index (χ4v) is 5.07. The number of fused-ring (bicyclic) bond motifs is 1. The van der Waals surface area contributed by atoms with E-state index in [9.17, 15) is 4.79 Å². The van der Waals surface area contributed by atoms with Crippen molar-refractivity contribution in [1.82, 2.24) is 15.2 Å². The molecule has 146 valence electrons. The lowest BCUT2D eigenvalue weighted by molar-refractivity contribution is -0.120. The number of nitrogens with one attached hydrogen (secondary N) is 1. The summed E-state index contributed by atoms with van der Waals surface area (Å²) in [6.07, 6.45) is 2.88. The number of carbonyl (C=O) groups excluding carboxylic acids is 1. The molecule has 28 heavy (non-hydrogen) atoms. The van der Waals surface area contributed by atoms with Gasteiger partial charge in [-0.05, 0) is 68.4 Å². The van der Waals surface area contributed by atoms with Gasteiger partial charge in [-0.1, -0.05) is 24.3 Å². The summed E-state index contributed by atoms with van der Waals surface area (Å²) in [6, 6.07) is 12.7. The zero-order valence-electron chi connectivity index (χ0n) is 16.6. The molecule has 3 heterocycles. The second-order valence-corrected chi connectivity index (χ2v) is 8.55. The molecule has 3 aromatic rings. The van der Waals surface area contributed by atoms with E-state index in [-0.39, 0.29) is 11.9 Å². The van der Waals surface area contributed by atoms with Gasteiger partial charge in [-0.25, -0.2) is 0 Å². The molecule has 1 amide bonds. The normalized spacial score (nSPS) is 15.8. The molecule has 1 aromatic carbocycles. The Labute approximate surface area is 170 Å². The van der Waals surface area contributed by atoms with Crippen molar-refractivity contribution >= 4 is 28.1 Å². The maximum absolute atomic E-state index is 12.8. The van der Waals surface area contributed by atoms with Gasteiger partial charge in [0.2, 0.25) is 5.91 Å². The minimum absolute atomic E-state index is 0.0732. The van der Waals surface area contributed by atoms with Crippen LogP contribution in [0.15, 0.2) is 41.8 Å². The average molecular weight is 394 g/mol. The molecule has 0 spiro atoms. The van der Waals surface area contributed by atoms with Gasteiger partial charge in [0.25, 0.3) is 0 Å². The minimum atomic E-state index is 0.0732. The Morgan fingerprint density at radius 1 is 1.18 bits per heavy atom. The maximum Gasteiger partial charge on any atom is 0.224 e. The Morgan fingerprint density at radius 3 is 2.71 bits per heavy atom. The van der Waals surface area contributed by atoms with E-state index in [0.29, 0.717) is 13.0 Å². The van der Waals surface area contributed by atoms with E-state index in [1.807, 2.05) is 25.1 Å². The topological polar surface area (TPSA) is 45.2 Å². The Hall–Kier alpha value is -2.24. The van der Waals surface area contributed by atoms with E-state index in [4.69, 9.17) is 4.98 Å². The first kappa shape index (κ1) is 19.1. The number of hydrogen-bond donors (Lipinski definition) is 1. The summed E-state index contributed by atoms with van der Waals surface area (Å²) in [7, 11) is 0. The highest BCUT2D eigenvalue weighted by molar-refractivity contribution is 7.10. The van der Waals surface area contributed by atoms with Crippen molar-refractivity contribution in [3.05, 3.63) is 63.5 Å². The summed E-state index contributed by atoms with van der Waals surface area (Å²) in [5.41, 5.74) is 4.15. The highest BCUT2D eigenvalue weighted by Gasteiger charge is 2.25. The van der Waals surface area contributed by atoms with Crippen molar-refractivity contribution in [2.45, 2.75) is 39.2 Å². The number of hydrogen-bond acceptors (Lipinski definition) is 4. The third kappa shape index (κ3) is 3.96. The largest absolute Gasteiger partial charge is 0.354 e. The number of likely N-dealkylation sites (tertiary alicyclic amines) is 1. The molecule has 1 aliphatic heterocycles. The van der Waals surface area contributed by atoms with Gasteiger partial charge >= 0.3 is 0 Å². The van der Waals surface area contributed by atoms with E-state index in [1.54, 1.807) is 11.3 Å². The lowest BCUT2D eigenvalue weighted by Gasteiger charge is -2.27. The number of aryl methyl sites for hydroxylation is 2. The van der Waals surface area contributed by atoms with Gasteiger partial charge in [0, 0.05) is 22.5 Å². The van der Waals surface area contributed by atoms with Crippen LogP contribution in [-0.2, 0) is 11.2 Å². The number of pyridine rings is 1. The molecule has 4 nitrogen and oxygen atoms in total. The number of para-hydroxylation sites is 1. The van der Waals surface area contributed by atoms with Crippen LogP contribution in [0.4, 0.5) is 0 Å². The summed E-state index contributed by atoms with van der Waals surface area (Å²) in [6.45, 7) is 6.99. The quantitative estimate of drug-likeness (QED) is 0.675. The number of aromatic nitrogens is 1. The lowest BCUT2D eigenvalue weighted by atomic mass is 9.99. The average Bonchev–Trinajstić information content (AvgIpc) is 3.40. The Balaban J connectivity index is 1.47. The number of nitrogens with zero attached hydrogens (tertiary/aromatic N) is 2. The number of carbonyl (C=O) groups is 1. The molecule has 1 saturated heterocycles. The van der Waals surface area contributed by atoms with Crippen molar-refractivity contribution in [3.8, 4) is 0 Å². The maximum atomic E-state index is 12.8. The van der Waals surface area contributed by atoms with Crippen LogP contribution in [0.1, 0.15) is 40.6 Å². The summed E-state index contributed by atoms with van der Waals surface area (Å²) >= 11 is 1.78. The molecular formula is C23H27N3OS. The predicted octanol–water partition coefficient (Wildman–Crippen LogP) is 4.41. The first-order chi connectivity index (χ1) is 13.6. The van der Waals surface area contributed by atoms with Crippen LogP contribution in [0.3, 0.4) is 0 Å². The van der Waals surface area contributed by atoms with E-state index < -0.39 is 0 Å². The smallest absolute Gasteiger partial charge is 0.224 e. The van der Waals surface area contributed by atoms with Crippen LogP contribution in [0.5, 0.6) is 0 Å². The van der Waals surface area contributed by atoms with Crippen LogP contribution in [0.2, 0.25) is 0 Å². The fourth-order valence-electron chi connectivity index (χ4n) is 4.21. The third-order valence-corrected chi connectivity index (χ3v) is 6.74. The summed E-state index contributed by atoms with van der Waals surface area (Å²) in [5, 5.41) is 6.45. The Bertz CT molecular complexity index is 961. The van der Waals surface area contributed by atoms with E-state index in [2.05, 4.69) is 40.7 Å². The van der Waals surface area contributed by atoms with Crippen molar-refractivity contribution in [1.29, 1.82) is 0 Å². The number of amides is 1. The molecule has 1 fully saturated rings. The highest BCUT2D eigenvalue weighted by atomic mass is 32.1. The zero-order valence-corrected chi connectivity index (χ0v) is 17.4. The van der Waals surface area contributed by atoms with E-state index in [1.165, 1.54) is 17.7 Å². The zero-order chi connectivity index (χ0) is 19.5. The summed E-state index contributed by atoms with van der Waals surface area (Å²) in [4.78, 5) is 21.3. The second kappa shape index (κ2) is 8.41. The van der Waals surface area contributed by atoms with Gasteiger partial charge < -0.3 is 5.32 Å². The van der Waals surface area contributed by atoms with Crippen LogP contribution in [-0.4, -0.2) is 35.4 Å². The van der Waals surface area contributed by atoms with E-state index in [0.717, 1.165) is 40.8 Å². The number of thiophene rings is 1. The second-order valence-electron chi connectivity index (χ2n) is 7.57. The Kier molecular flexibility index (Phi) is 5.74. The fraction of sp³-hybridized carbons (Fsp3) is 0.391. The first-order valence-electron chi connectivity index (χ1n) is 10.0. The third-order valence-electron chi connectivity index (χ3n) is 5.77. The van der Waals surface area contributed by atoms with Gasteiger partial charge in [0.05, 0.1) is 18.0 Å². The van der Waals surface area contributed by atoms with Crippen LogP contribution >= 0.6 is 11.3 Å². The molecule has 2 aromatic heterocycles. The lowest BCUT2D eigenvalue weighted by Crippen LogP contribution is -2.37. The standard InChI is InChI=1S/C23H27N3OS/c1-16-18-8-3-4-9-20(18)25-17(2)19(16)14-23(27)24-15-21(22-10-7-13-28-22)26-11-5-6-12-26/h3-4,7-10,13,21H,5-6,11-12,14-15H2,1-2H3,(H,24,27). The summed E-state index contributed by atoms with van der Waals surface area (Å²) < 4.78 is 0. The SMILES string of the molecule is Cc1nc2ccccc2c(C)c1CC(=O)NCC(c1cccs1)N1CCCC1. The molecule has 1 unspecified atom stereocenters. The Morgan fingerprint density at radius 2 is 1.96 bits per heavy atom. The molecule has 4 rings (SSSR count). The number of benzene rings is 1. The van der Waals surface area contributed by atoms with Gasteiger partial charge in [-0.15, -0.1) is 11.3 Å². The van der Waals surface area contributed by atoms with Crippen LogP contribution in [0, 0.1) is 13.8 Å². The molecule has 0 saturated carbocycles. The molecular weight excluding hydrogens is 366 g/mol. The molecule has 1 aliphatic rings. The number of rotatable bonds is 6. The molecule has 5 heteroatoms. The van der Waals surface area contributed by atoms with Crippen LogP contribution < -0.4 is 5.32 Å². The van der Waals surface area contributed by atoms with Gasteiger partial charge in [0.15, 0.2) is 0 Å². The molecule has 0 bridgehead atoms. The van der Waals surface area contributed by atoms with Crippen molar-refractivity contribution in [2.24, 2.45) is 0 Å². The van der Waals surface area contributed by atoms with Gasteiger partial charge in [-0.2, -0.15) is 0 Å². The highest BCUT2D eigenvalue weighted by Crippen LogP contribution is 2.28. The molecule has 0 radical (unpaired) electrons. The van der Waals surface area contributed by atoms with Crippen molar-refractivity contribution in [3.63, 3.8) is 0 Å². The monoisotopic (exact) mass is 393 g/mol. The summed E-state index contributed by atoms with van der Waals surface area (Å²) in [5.74, 6) is 0.0732. The van der Waals surface area contributed by atoms with E-state index >= 15 is 0 Å². The molecule has 0 aliphatic carbocycles. The predicted molar refractivity (Wildman–Crippen MR) is 116 cm³/mol. The van der Waals surface area contributed by atoms with Crippen molar-refractivity contribution < 1.29 is 4.79 Å².